The Morgan fingerprint density at radius 2 is 1.65 bits per heavy atom. The molecule has 0 aliphatic rings. The molecule has 0 fully saturated rings. The van der Waals surface area contributed by atoms with Crippen molar-refractivity contribution in [1.82, 2.24) is 4.72 Å². The number of nitrogens with one attached hydrogen (secondary N) is 1. The van der Waals surface area contributed by atoms with Crippen molar-refractivity contribution < 1.29 is 13.5 Å². The number of benzene rings is 2. The number of sulfonamides is 1. The van der Waals surface area contributed by atoms with Crippen LogP contribution in [0.4, 0.5) is 0 Å². The fourth-order valence-electron chi connectivity index (χ4n) is 2.28. The minimum absolute atomic E-state index is 0.210. The van der Waals surface area contributed by atoms with Gasteiger partial charge in [0.1, 0.15) is 0 Å². The molecule has 2 rings (SSSR count). The molecular weight excluding hydrogens is 310 g/mol. The number of aryl methyl sites for hydroxylation is 2. The molecule has 2 N–H and O–H groups in total. The van der Waals surface area contributed by atoms with E-state index in [4.69, 9.17) is 0 Å². The Morgan fingerprint density at radius 3 is 2.22 bits per heavy atom. The first-order chi connectivity index (χ1) is 10.6. The summed E-state index contributed by atoms with van der Waals surface area (Å²) < 4.78 is 27.5. The maximum absolute atomic E-state index is 12.5. The molecule has 124 valence electrons. The average molecular weight is 333 g/mol. The van der Waals surface area contributed by atoms with E-state index in [-0.39, 0.29) is 6.54 Å². The van der Waals surface area contributed by atoms with Crippen molar-refractivity contribution in [2.75, 3.05) is 0 Å². The van der Waals surface area contributed by atoms with Gasteiger partial charge < -0.3 is 5.11 Å². The first kappa shape index (κ1) is 17.7. The second-order valence-corrected chi connectivity index (χ2v) is 8.08. The van der Waals surface area contributed by atoms with E-state index >= 15 is 0 Å². The van der Waals surface area contributed by atoms with E-state index in [1.165, 1.54) is 0 Å². The van der Waals surface area contributed by atoms with E-state index < -0.39 is 15.6 Å². The normalized spacial score (nSPS) is 12.4. The highest BCUT2D eigenvalue weighted by molar-refractivity contribution is 7.89. The molecule has 0 heterocycles. The predicted octanol–water partition coefficient (Wildman–Crippen LogP) is 3.01. The Kier molecular flexibility index (Phi) is 4.94. The van der Waals surface area contributed by atoms with Crippen LogP contribution in [0, 0.1) is 13.8 Å². The minimum Gasteiger partial charge on any atom is -0.386 e. The molecule has 0 spiro atoms. The SMILES string of the molecule is Cc1ccc(C)c(S(=O)(=O)NCc2ccc(C(C)(C)O)cc2)c1. The van der Waals surface area contributed by atoms with Crippen LogP contribution in [0.15, 0.2) is 47.4 Å². The summed E-state index contributed by atoms with van der Waals surface area (Å²) in [6.45, 7) is 7.29. The van der Waals surface area contributed by atoms with Gasteiger partial charge in [0.05, 0.1) is 10.5 Å². The molecule has 0 bridgehead atoms. The van der Waals surface area contributed by atoms with E-state index in [0.717, 1.165) is 22.3 Å². The van der Waals surface area contributed by atoms with Crippen LogP contribution in [0.2, 0.25) is 0 Å². The second kappa shape index (κ2) is 6.43. The molecule has 0 atom stereocenters. The predicted molar refractivity (Wildman–Crippen MR) is 91.6 cm³/mol. The van der Waals surface area contributed by atoms with Gasteiger partial charge in [0, 0.05) is 6.54 Å². The fourth-order valence-corrected chi connectivity index (χ4v) is 3.63. The van der Waals surface area contributed by atoms with Crippen molar-refractivity contribution in [3.05, 3.63) is 64.7 Å². The lowest BCUT2D eigenvalue weighted by Gasteiger charge is -2.18. The first-order valence-corrected chi connectivity index (χ1v) is 8.96. The molecule has 0 aliphatic heterocycles. The molecule has 5 heteroatoms. The van der Waals surface area contributed by atoms with Gasteiger partial charge in [0.25, 0.3) is 0 Å². The second-order valence-electron chi connectivity index (χ2n) is 6.35. The van der Waals surface area contributed by atoms with Crippen LogP contribution in [0.3, 0.4) is 0 Å². The summed E-state index contributed by atoms with van der Waals surface area (Å²) in [5, 5.41) is 9.93. The average Bonchev–Trinajstić information content (AvgIpc) is 2.47. The van der Waals surface area contributed by atoms with Crippen molar-refractivity contribution in [1.29, 1.82) is 0 Å². The Balaban J connectivity index is 2.15. The molecule has 0 amide bonds. The van der Waals surface area contributed by atoms with Crippen LogP contribution in [0.1, 0.15) is 36.1 Å². The zero-order valence-corrected chi connectivity index (χ0v) is 14.7. The lowest BCUT2D eigenvalue weighted by molar-refractivity contribution is 0.0786. The van der Waals surface area contributed by atoms with Gasteiger partial charge in [-0.1, -0.05) is 36.4 Å². The molecule has 2 aromatic rings. The van der Waals surface area contributed by atoms with Crippen molar-refractivity contribution in [2.45, 2.75) is 44.7 Å². The monoisotopic (exact) mass is 333 g/mol. The standard InChI is InChI=1S/C18H23NO3S/c1-13-5-6-14(2)17(11-13)23(21,22)19-12-15-7-9-16(10-8-15)18(3,4)20/h5-11,19-20H,12H2,1-4H3. The molecule has 23 heavy (non-hydrogen) atoms. The summed E-state index contributed by atoms with van der Waals surface area (Å²) in [5.74, 6) is 0. The van der Waals surface area contributed by atoms with Gasteiger partial charge in [0.2, 0.25) is 10.0 Å². The summed E-state index contributed by atoms with van der Waals surface area (Å²) in [5.41, 5.74) is 2.35. The van der Waals surface area contributed by atoms with Crippen molar-refractivity contribution >= 4 is 10.0 Å². The van der Waals surface area contributed by atoms with Crippen molar-refractivity contribution in [3.63, 3.8) is 0 Å². The highest BCUT2D eigenvalue weighted by Crippen LogP contribution is 2.20. The highest BCUT2D eigenvalue weighted by Gasteiger charge is 2.18. The summed E-state index contributed by atoms with van der Waals surface area (Å²) in [6, 6.07) is 12.6. The van der Waals surface area contributed by atoms with Gasteiger partial charge >= 0.3 is 0 Å². The first-order valence-electron chi connectivity index (χ1n) is 7.48. The topological polar surface area (TPSA) is 66.4 Å². The van der Waals surface area contributed by atoms with Crippen molar-refractivity contribution in [3.8, 4) is 0 Å². The number of hydrogen-bond donors (Lipinski definition) is 2. The van der Waals surface area contributed by atoms with Gasteiger partial charge in [-0.15, -0.1) is 0 Å². The molecule has 0 aromatic heterocycles. The molecule has 2 aromatic carbocycles. The van der Waals surface area contributed by atoms with Crippen LogP contribution < -0.4 is 4.72 Å². The Bertz CT molecular complexity index is 788. The lowest BCUT2D eigenvalue weighted by atomic mass is 9.97. The number of aliphatic hydroxyl groups is 1. The molecule has 0 unspecified atom stereocenters. The zero-order valence-electron chi connectivity index (χ0n) is 13.9. The van der Waals surface area contributed by atoms with Gasteiger partial charge in [-0.05, 0) is 56.0 Å². The summed E-state index contributed by atoms with van der Waals surface area (Å²) in [4.78, 5) is 0.311. The third-order valence-corrected chi connectivity index (χ3v) is 5.30. The molecule has 0 saturated carbocycles. The maximum Gasteiger partial charge on any atom is 0.241 e. The van der Waals surface area contributed by atoms with Gasteiger partial charge in [-0.2, -0.15) is 0 Å². The van der Waals surface area contributed by atoms with Crippen LogP contribution >= 0.6 is 0 Å². The highest BCUT2D eigenvalue weighted by atomic mass is 32.2. The van der Waals surface area contributed by atoms with Crippen LogP contribution in [0.25, 0.3) is 0 Å². The molecule has 4 nitrogen and oxygen atoms in total. The fraction of sp³-hybridized carbons (Fsp3) is 0.333. The third-order valence-electron chi connectivity index (χ3n) is 3.76. The zero-order chi connectivity index (χ0) is 17.3. The van der Waals surface area contributed by atoms with Crippen molar-refractivity contribution in [2.24, 2.45) is 0 Å². The van der Waals surface area contributed by atoms with Crippen LogP contribution in [-0.4, -0.2) is 13.5 Å². The Labute approximate surface area is 138 Å². The largest absolute Gasteiger partial charge is 0.386 e. The molecular formula is C18H23NO3S. The van der Waals surface area contributed by atoms with Crippen LogP contribution in [0.5, 0.6) is 0 Å². The van der Waals surface area contributed by atoms with E-state index in [0.29, 0.717) is 4.90 Å². The minimum atomic E-state index is -3.55. The summed E-state index contributed by atoms with van der Waals surface area (Å²) >= 11 is 0. The van der Waals surface area contributed by atoms with E-state index in [2.05, 4.69) is 4.72 Å². The number of rotatable bonds is 5. The van der Waals surface area contributed by atoms with E-state index in [1.807, 2.05) is 43.3 Å². The van der Waals surface area contributed by atoms with Crippen LogP contribution in [-0.2, 0) is 22.2 Å². The maximum atomic E-state index is 12.5. The van der Waals surface area contributed by atoms with E-state index in [1.54, 1.807) is 26.8 Å². The molecule has 0 saturated heterocycles. The smallest absolute Gasteiger partial charge is 0.241 e. The third kappa shape index (κ3) is 4.41. The van der Waals surface area contributed by atoms with E-state index in [9.17, 15) is 13.5 Å². The molecule has 0 radical (unpaired) electrons. The lowest BCUT2D eigenvalue weighted by Crippen LogP contribution is -2.24. The molecule has 0 aliphatic carbocycles. The van der Waals surface area contributed by atoms with Gasteiger partial charge in [-0.25, -0.2) is 13.1 Å². The number of hydrogen-bond acceptors (Lipinski definition) is 3. The Morgan fingerprint density at radius 1 is 1.04 bits per heavy atom. The summed E-state index contributed by atoms with van der Waals surface area (Å²) in [6.07, 6.45) is 0. The summed E-state index contributed by atoms with van der Waals surface area (Å²) in [7, 11) is -3.55. The Hall–Kier alpha value is -1.69. The quantitative estimate of drug-likeness (QED) is 0.884. The van der Waals surface area contributed by atoms with Gasteiger partial charge in [0.15, 0.2) is 0 Å². The van der Waals surface area contributed by atoms with Gasteiger partial charge in [-0.3, -0.25) is 0 Å².